The third-order valence-electron chi connectivity index (χ3n) is 3.48. The maximum absolute atomic E-state index is 11.6. The van der Waals surface area contributed by atoms with E-state index in [0.29, 0.717) is 10.7 Å². The van der Waals surface area contributed by atoms with Crippen LogP contribution in [0.4, 0.5) is 0 Å². The van der Waals surface area contributed by atoms with Crippen molar-refractivity contribution in [2.75, 3.05) is 0 Å². The highest BCUT2D eigenvalue weighted by Gasteiger charge is 2.10. The lowest BCUT2D eigenvalue weighted by Crippen LogP contribution is -2.11. The highest BCUT2D eigenvalue weighted by Crippen LogP contribution is 2.28. The Hall–Kier alpha value is -2.08. The molecular formula is C15H16N4OS. The van der Waals surface area contributed by atoms with Crippen LogP contribution in [0.3, 0.4) is 0 Å². The predicted molar refractivity (Wildman–Crippen MR) is 84.7 cm³/mol. The second kappa shape index (κ2) is 5.37. The summed E-state index contributed by atoms with van der Waals surface area (Å²) in [5.41, 5.74) is 6.06. The van der Waals surface area contributed by atoms with Crippen LogP contribution < -0.4 is 5.69 Å². The van der Waals surface area contributed by atoms with Crippen LogP contribution in [-0.4, -0.2) is 19.9 Å². The number of aryl methyl sites for hydroxylation is 3. The topological polar surface area (TPSA) is 74.4 Å². The quantitative estimate of drug-likeness (QED) is 0.576. The first-order valence-corrected chi connectivity index (χ1v) is 7.66. The number of benzene rings is 1. The number of thioether (sulfide) groups is 1. The summed E-state index contributed by atoms with van der Waals surface area (Å²) in [6.45, 7) is 6.34. The van der Waals surface area contributed by atoms with E-state index < -0.39 is 0 Å². The fraction of sp³-hybridized carbons (Fsp3) is 0.267. The zero-order valence-electron chi connectivity index (χ0n) is 12.2. The van der Waals surface area contributed by atoms with Crippen molar-refractivity contribution in [3.8, 4) is 0 Å². The van der Waals surface area contributed by atoms with Crippen LogP contribution in [0.15, 0.2) is 28.3 Å². The largest absolute Gasteiger partial charge is 0.347 e. The van der Waals surface area contributed by atoms with Gasteiger partial charge >= 0.3 is 5.69 Å². The van der Waals surface area contributed by atoms with Crippen LogP contribution in [0, 0.1) is 20.8 Å². The Morgan fingerprint density at radius 2 is 1.90 bits per heavy atom. The first-order valence-electron chi connectivity index (χ1n) is 6.67. The molecule has 0 spiro atoms. The number of aromatic nitrogens is 4. The standard InChI is InChI=1S/C15H16N4OS/c1-8-4-9(2)11(10(3)5-8)6-21-14-12-13(17-7-16-12)18-15(20)19-14/h4-5,7H,6H2,1-3H3,(H2,16,17,18,19,20). The van der Waals surface area contributed by atoms with Crippen molar-refractivity contribution >= 4 is 22.9 Å². The number of imidazole rings is 1. The summed E-state index contributed by atoms with van der Waals surface area (Å²) in [5, 5.41) is 0.686. The molecule has 21 heavy (non-hydrogen) atoms. The first-order chi connectivity index (χ1) is 10.0. The summed E-state index contributed by atoms with van der Waals surface area (Å²) in [6, 6.07) is 4.36. The lowest BCUT2D eigenvalue weighted by atomic mass is 10.0. The molecule has 1 aromatic carbocycles. The van der Waals surface area contributed by atoms with Crippen molar-refractivity contribution in [1.82, 2.24) is 19.9 Å². The summed E-state index contributed by atoms with van der Waals surface area (Å²) in [4.78, 5) is 25.3. The van der Waals surface area contributed by atoms with Gasteiger partial charge in [0.05, 0.1) is 6.33 Å². The molecule has 0 fully saturated rings. The van der Waals surface area contributed by atoms with Crippen LogP contribution in [0.25, 0.3) is 11.2 Å². The summed E-state index contributed by atoms with van der Waals surface area (Å²) in [7, 11) is 0. The van der Waals surface area contributed by atoms with Gasteiger partial charge in [-0.3, -0.25) is 4.98 Å². The van der Waals surface area contributed by atoms with Crippen molar-refractivity contribution in [2.45, 2.75) is 31.6 Å². The molecule has 0 unspecified atom stereocenters. The molecule has 5 nitrogen and oxygen atoms in total. The average molecular weight is 300 g/mol. The summed E-state index contributed by atoms with van der Waals surface area (Å²) >= 11 is 1.55. The third kappa shape index (κ3) is 2.71. The number of aromatic amines is 2. The lowest BCUT2D eigenvalue weighted by molar-refractivity contribution is 1.01. The van der Waals surface area contributed by atoms with Crippen molar-refractivity contribution in [1.29, 1.82) is 0 Å². The predicted octanol–water partition coefficient (Wildman–Crippen LogP) is 2.86. The van der Waals surface area contributed by atoms with Gasteiger partial charge in [0.15, 0.2) is 5.65 Å². The molecule has 2 N–H and O–H groups in total. The summed E-state index contributed by atoms with van der Waals surface area (Å²) in [6.07, 6.45) is 1.56. The average Bonchev–Trinajstić information content (AvgIpc) is 2.85. The van der Waals surface area contributed by atoms with Crippen molar-refractivity contribution < 1.29 is 0 Å². The van der Waals surface area contributed by atoms with Gasteiger partial charge in [0, 0.05) is 5.75 Å². The fourth-order valence-corrected chi connectivity index (χ4v) is 3.70. The zero-order chi connectivity index (χ0) is 15.0. The van der Waals surface area contributed by atoms with E-state index in [1.165, 1.54) is 22.3 Å². The molecule has 6 heteroatoms. The van der Waals surface area contributed by atoms with E-state index in [1.807, 2.05) is 0 Å². The molecule has 0 bridgehead atoms. The molecular weight excluding hydrogens is 284 g/mol. The van der Waals surface area contributed by atoms with Crippen LogP contribution in [-0.2, 0) is 5.75 Å². The number of rotatable bonds is 3. The van der Waals surface area contributed by atoms with Crippen molar-refractivity contribution in [3.05, 3.63) is 51.2 Å². The normalized spacial score (nSPS) is 11.2. The Labute approximate surface area is 126 Å². The molecule has 0 saturated heterocycles. The van der Waals surface area contributed by atoms with E-state index in [0.717, 1.165) is 11.3 Å². The number of nitrogens with zero attached hydrogens (tertiary/aromatic N) is 2. The molecule has 3 aromatic rings. The van der Waals surface area contributed by atoms with Crippen LogP contribution in [0.1, 0.15) is 22.3 Å². The second-order valence-electron chi connectivity index (χ2n) is 5.14. The summed E-state index contributed by atoms with van der Waals surface area (Å²) < 4.78 is 0. The van der Waals surface area contributed by atoms with Crippen LogP contribution in [0.2, 0.25) is 0 Å². The minimum absolute atomic E-state index is 0.366. The van der Waals surface area contributed by atoms with Gasteiger partial charge in [0.1, 0.15) is 10.5 Å². The van der Waals surface area contributed by atoms with Gasteiger partial charge in [-0.05, 0) is 37.5 Å². The number of nitrogens with one attached hydrogen (secondary N) is 2. The molecule has 0 atom stereocenters. The molecule has 0 amide bonds. The Morgan fingerprint density at radius 1 is 1.19 bits per heavy atom. The SMILES string of the molecule is Cc1cc(C)c(CSc2nc(=O)[nH]c3nc[nH]c23)c(C)c1. The number of fused-ring (bicyclic) bond motifs is 1. The molecule has 0 aliphatic heterocycles. The number of hydrogen-bond donors (Lipinski definition) is 2. The Morgan fingerprint density at radius 3 is 2.62 bits per heavy atom. The minimum Gasteiger partial charge on any atom is -0.341 e. The van der Waals surface area contributed by atoms with Gasteiger partial charge in [-0.15, -0.1) is 0 Å². The molecule has 0 aliphatic rings. The van der Waals surface area contributed by atoms with Gasteiger partial charge in [0.25, 0.3) is 0 Å². The van der Waals surface area contributed by atoms with Gasteiger partial charge in [0.2, 0.25) is 0 Å². The Balaban J connectivity index is 1.94. The van der Waals surface area contributed by atoms with E-state index in [4.69, 9.17) is 0 Å². The highest BCUT2D eigenvalue weighted by atomic mass is 32.2. The lowest BCUT2D eigenvalue weighted by Gasteiger charge is -2.10. The molecule has 2 aromatic heterocycles. The fourth-order valence-electron chi connectivity index (χ4n) is 2.51. The molecule has 2 heterocycles. The minimum atomic E-state index is -0.366. The monoisotopic (exact) mass is 300 g/mol. The van der Waals surface area contributed by atoms with E-state index >= 15 is 0 Å². The maximum Gasteiger partial charge on any atom is 0.347 e. The van der Waals surface area contributed by atoms with Gasteiger partial charge in [-0.1, -0.05) is 29.5 Å². The second-order valence-corrected chi connectivity index (χ2v) is 6.10. The van der Waals surface area contributed by atoms with Crippen molar-refractivity contribution in [3.63, 3.8) is 0 Å². The van der Waals surface area contributed by atoms with Gasteiger partial charge < -0.3 is 4.98 Å². The highest BCUT2D eigenvalue weighted by molar-refractivity contribution is 7.98. The van der Waals surface area contributed by atoms with Crippen molar-refractivity contribution in [2.24, 2.45) is 0 Å². The molecule has 0 saturated carbocycles. The Bertz CT molecular complexity index is 842. The van der Waals surface area contributed by atoms with E-state index in [-0.39, 0.29) is 5.69 Å². The van der Waals surface area contributed by atoms with Gasteiger partial charge in [-0.2, -0.15) is 4.98 Å². The number of hydrogen-bond acceptors (Lipinski definition) is 4. The van der Waals surface area contributed by atoms with E-state index in [1.54, 1.807) is 18.1 Å². The molecule has 108 valence electrons. The molecule has 0 radical (unpaired) electrons. The van der Waals surface area contributed by atoms with E-state index in [2.05, 4.69) is 52.8 Å². The Kier molecular flexibility index (Phi) is 3.55. The zero-order valence-corrected chi connectivity index (χ0v) is 13.0. The molecule has 3 rings (SSSR count). The van der Waals surface area contributed by atoms with Crippen LogP contribution >= 0.6 is 11.8 Å². The third-order valence-corrected chi connectivity index (χ3v) is 4.48. The van der Waals surface area contributed by atoms with Crippen LogP contribution in [0.5, 0.6) is 0 Å². The van der Waals surface area contributed by atoms with Gasteiger partial charge in [-0.25, -0.2) is 9.78 Å². The van der Waals surface area contributed by atoms with E-state index in [9.17, 15) is 4.79 Å². The number of H-pyrrole nitrogens is 2. The summed E-state index contributed by atoms with van der Waals surface area (Å²) in [5.74, 6) is 0.780. The maximum atomic E-state index is 11.6. The first kappa shape index (κ1) is 13.9. The smallest absolute Gasteiger partial charge is 0.341 e. The molecule has 0 aliphatic carbocycles.